The molecule has 0 spiro atoms. The Hall–Kier alpha value is -1.13. The molecule has 1 saturated heterocycles. The van der Waals surface area contributed by atoms with E-state index >= 15 is 0 Å². The summed E-state index contributed by atoms with van der Waals surface area (Å²) in [6.07, 6.45) is 0.299. The van der Waals surface area contributed by atoms with Gasteiger partial charge < -0.3 is 10.6 Å². The molecule has 1 aromatic carbocycles. The lowest BCUT2D eigenvalue weighted by molar-refractivity contribution is -0.130. The lowest BCUT2D eigenvalue weighted by Gasteiger charge is -2.30. The van der Waals surface area contributed by atoms with Gasteiger partial charge in [-0.3, -0.25) is 4.79 Å². The molecule has 1 fully saturated rings. The highest BCUT2D eigenvalue weighted by Crippen LogP contribution is 2.34. The number of rotatable bonds is 2. The Labute approximate surface area is 111 Å². The van der Waals surface area contributed by atoms with Crippen LogP contribution in [0.4, 0.5) is 4.39 Å². The van der Waals surface area contributed by atoms with Gasteiger partial charge in [0.2, 0.25) is 5.91 Å². The second kappa shape index (κ2) is 4.86. The standard InChI is InChI=1S/C13H16ClFN2O/c1-7(2)17-12(18)6-11(16)13(17)8-3-4-9(14)10(15)5-8/h3-5,7,11,13H,6,16H2,1-2H3/t11-,13+/m1/s1. The third-order valence-corrected chi connectivity index (χ3v) is 3.55. The lowest BCUT2D eigenvalue weighted by atomic mass is 10.00. The van der Waals surface area contributed by atoms with Crippen molar-refractivity contribution in [3.05, 3.63) is 34.6 Å². The second-order valence-electron chi connectivity index (χ2n) is 4.88. The van der Waals surface area contributed by atoms with E-state index in [2.05, 4.69) is 0 Å². The van der Waals surface area contributed by atoms with Crippen LogP contribution >= 0.6 is 11.6 Å². The SMILES string of the molecule is CC(C)N1C(=O)C[C@@H](N)[C@@H]1c1ccc(Cl)c(F)c1. The van der Waals surface area contributed by atoms with Gasteiger partial charge in [0.15, 0.2) is 0 Å². The number of hydrogen-bond acceptors (Lipinski definition) is 2. The number of benzene rings is 1. The third-order valence-electron chi connectivity index (χ3n) is 3.25. The number of nitrogens with zero attached hydrogens (tertiary/aromatic N) is 1. The van der Waals surface area contributed by atoms with Gasteiger partial charge in [0.25, 0.3) is 0 Å². The number of carbonyl (C=O) groups is 1. The van der Waals surface area contributed by atoms with Crippen molar-refractivity contribution >= 4 is 17.5 Å². The van der Waals surface area contributed by atoms with Gasteiger partial charge in [-0.15, -0.1) is 0 Å². The van der Waals surface area contributed by atoms with Gasteiger partial charge in [0.05, 0.1) is 11.1 Å². The number of likely N-dealkylation sites (tertiary alicyclic amines) is 1. The van der Waals surface area contributed by atoms with E-state index in [0.717, 1.165) is 0 Å². The average molecular weight is 271 g/mol. The first-order chi connectivity index (χ1) is 8.41. The summed E-state index contributed by atoms with van der Waals surface area (Å²) in [5.41, 5.74) is 6.70. The second-order valence-corrected chi connectivity index (χ2v) is 5.29. The number of hydrogen-bond donors (Lipinski definition) is 1. The van der Waals surface area contributed by atoms with E-state index in [0.29, 0.717) is 12.0 Å². The first-order valence-electron chi connectivity index (χ1n) is 5.93. The average Bonchev–Trinajstić information content (AvgIpc) is 2.57. The van der Waals surface area contributed by atoms with Crippen molar-refractivity contribution in [3.8, 4) is 0 Å². The summed E-state index contributed by atoms with van der Waals surface area (Å²) in [4.78, 5) is 13.6. The van der Waals surface area contributed by atoms with Gasteiger partial charge in [0.1, 0.15) is 5.82 Å². The van der Waals surface area contributed by atoms with Gasteiger partial charge in [-0.25, -0.2) is 4.39 Å². The highest BCUT2D eigenvalue weighted by Gasteiger charge is 2.40. The van der Waals surface area contributed by atoms with Crippen LogP contribution in [0.1, 0.15) is 31.9 Å². The van der Waals surface area contributed by atoms with Crippen LogP contribution in [-0.4, -0.2) is 22.9 Å². The van der Waals surface area contributed by atoms with E-state index in [1.54, 1.807) is 11.0 Å². The molecule has 2 N–H and O–H groups in total. The molecule has 0 unspecified atom stereocenters. The Morgan fingerprint density at radius 1 is 1.50 bits per heavy atom. The number of carbonyl (C=O) groups excluding carboxylic acids is 1. The summed E-state index contributed by atoms with van der Waals surface area (Å²) in [7, 11) is 0. The van der Waals surface area contributed by atoms with E-state index in [1.165, 1.54) is 12.1 Å². The maximum absolute atomic E-state index is 13.5. The minimum atomic E-state index is -0.482. The van der Waals surface area contributed by atoms with Crippen LogP contribution in [0.25, 0.3) is 0 Å². The zero-order valence-electron chi connectivity index (χ0n) is 10.4. The zero-order valence-corrected chi connectivity index (χ0v) is 11.1. The van der Waals surface area contributed by atoms with Crippen molar-refractivity contribution in [2.45, 2.75) is 38.4 Å². The first kappa shape index (κ1) is 13.3. The van der Waals surface area contributed by atoms with Crippen molar-refractivity contribution in [2.75, 3.05) is 0 Å². The van der Waals surface area contributed by atoms with Crippen molar-refractivity contribution in [1.29, 1.82) is 0 Å². The molecule has 5 heteroatoms. The largest absolute Gasteiger partial charge is 0.332 e. The van der Waals surface area contributed by atoms with E-state index in [1.807, 2.05) is 13.8 Å². The number of amides is 1. The Bertz CT molecular complexity index is 478. The van der Waals surface area contributed by atoms with Crippen LogP contribution in [0, 0.1) is 5.82 Å². The van der Waals surface area contributed by atoms with Gasteiger partial charge in [-0.05, 0) is 31.5 Å². The predicted octanol–water partition coefficient (Wildman–Crippen LogP) is 2.49. The fourth-order valence-corrected chi connectivity index (χ4v) is 2.61. The van der Waals surface area contributed by atoms with Gasteiger partial charge in [-0.2, -0.15) is 0 Å². The molecular weight excluding hydrogens is 255 g/mol. The van der Waals surface area contributed by atoms with Crippen molar-refractivity contribution in [3.63, 3.8) is 0 Å². The van der Waals surface area contributed by atoms with Crippen LogP contribution in [0.15, 0.2) is 18.2 Å². The molecule has 1 aliphatic rings. The highest BCUT2D eigenvalue weighted by molar-refractivity contribution is 6.30. The number of nitrogens with two attached hydrogens (primary N) is 1. The molecule has 2 rings (SSSR count). The summed E-state index contributed by atoms with van der Waals surface area (Å²) >= 11 is 5.66. The van der Waals surface area contributed by atoms with E-state index < -0.39 is 5.82 Å². The topological polar surface area (TPSA) is 46.3 Å². The Balaban J connectivity index is 2.40. The molecule has 0 aromatic heterocycles. The fraction of sp³-hybridized carbons (Fsp3) is 0.462. The molecular formula is C13H16ClFN2O. The van der Waals surface area contributed by atoms with Crippen molar-refractivity contribution < 1.29 is 9.18 Å². The van der Waals surface area contributed by atoms with Crippen LogP contribution < -0.4 is 5.73 Å². The minimum Gasteiger partial charge on any atom is -0.332 e. The zero-order chi connectivity index (χ0) is 13.4. The smallest absolute Gasteiger partial charge is 0.225 e. The molecule has 3 nitrogen and oxygen atoms in total. The van der Waals surface area contributed by atoms with E-state index in [-0.39, 0.29) is 29.1 Å². The summed E-state index contributed by atoms with van der Waals surface area (Å²) in [6.45, 7) is 3.85. The molecule has 1 heterocycles. The Kier molecular flexibility index (Phi) is 3.59. The van der Waals surface area contributed by atoms with Gasteiger partial charge >= 0.3 is 0 Å². The third kappa shape index (κ3) is 2.22. The van der Waals surface area contributed by atoms with Crippen molar-refractivity contribution in [1.82, 2.24) is 4.90 Å². The predicted molar refractivity (Wildman–Crippen MR) is 68.7 cm³/mol. The molecule has 0 saturated carbocycles. The van der Waals surface area contributed by atoms with Crippen LogP contribution in [0.3, 0.4) is 0 Å². The minimum absolute atomic E-state index is 0.0119. The summed E-state index contributed by atoms with van der Waals surface area (Å²) in [5.74, 6) is -0.470. The van der Waals surface area contributed by atoms with Crippen molar-refractivity contribution in [2.24, 2.45) is 5.73 Å². The highest BCUT2D eigenvalue weighted by atomic mass is 35.5. The quantitative estimate of drug-likeness (QED) is 0.897. The van der Waals surface area contributed by atoms with Gasteiger partial charge in [-0.1, -0.05) is 17.7 Å². The maximum atomic E-state index is 13.5. The summed E-state index contributed by atoms with van der Waals surface area (Å²) < 4.78 is 13.5. The number of halogens is 2. The molecule has 0 radical (unpaired) electrons. The molecule has 0 aliphatic carbocycles. The molecule has 0 bridgehead atoms. The molecule has 18 heavy (non-hydrogen) atoms. The maximum Gasteiger partial charge on any atom is 0.225 e. The van der Waals surface area contributed by atoms with Crippen LogP contribution in [0.2, 0.25) is 5.02 Å². The monoisotopic (exact) mass is 270 g/mol. The summed E-state index contributed by atoms with van der Waals surface area (Å²) in [6, 6.07) is 4.05. The molecule has 98 valence electrons. The normalized spacial score (nSPS) is 24.1. The molecule has 1 aliphatic heterocycles. The van der Waals surface area contributed by atoms with E-state index in [4.69, 9.17) is 17.3 Å². The lowest BCUT2D eigenvalue weighted by Crippen LogP contribution is -2.37. The van der Waals surface area contributed by atoms with Gasteiger partial charge in [0, 0.05) is 18.5 Å². The van der Waals surface area contributed by atoms with Crippen LogP contribution in [0.5, 0.6) is 0 Å². The molecule has 1 amide bonds. The Morgan fingerprint density at radius 3 is 2.72 bits per heavy atom. The Morgan fingerprint density at radius 2 is 2.17 bits per heavy atom. The molecule has 1 aromatic rings. The van der Waals surface area contributed by atoms with E-state index in [9.17, 15) is 9.18 Å². The first-order valence-corrected chi connectivity index (χ1v) is 6.31. The van der Waals surface area contributed by atoms with Crippen LogP contribution in [-0.2, 0) is 4.79 Å². The summed E-state index contributed by atoms with van der Waals surface area (Å²) in [5, 5.41) is 0.0766. The molecule has 2 atom stereocenters. The fourth-order valence-electron chi connectivity index (χ4n) is 2.49.